The predicted molar refractivity (Wildman–Crippen MR) is 92.9 cm³/mol. The van der Waals surface area contributed by atoms with Crippen LogP contribution in [-0.2, 0) is 14.3 Å². The van der Waals surface area contributed by atoms with Crippen molar-refractivity contribution >= 4 is 11.6 Å². The number of rotatable bonds is 7. The van der Waals surface area contributed by atoms with Gasteiger partial charge < -0.3 is 4.74 Å². The molecule has 0 heterocycles. The number of hydrogen-bond acceptors (Lipinski definition) is 4. The summed E-state index contributed by atoms with van der Waals surface area (Å²) in [5.74, 6) is -1.05. The van der Waals surface area contributed by atoms with Crippen molar-refractivity contribution in [1.82, 2.24) is 0 Å². The number of methoxy groups -OCH3 is 1. The van der Waals surface area contributed by atoms with E-state index < -0.39 is 11.6 Å². The topological polar surface area (TPSA) is 92.1 Å². The molecule has 0 aromatic carbocycles. The van der Waals surface area contributed by atoms with Gasteiger partial charge in [-0.1, -0.05) is 28.4 Å². The fourth-order valence-corrected chi connectivity index (χ4v) is 2.37. The maximum absolute atomic E-state index is 12.5. The lowest BCUT2D eigenvalue weighted by molar-refractivity contribution is -0.118. The molecule has 6 nitrogen and oxygen atoms in total. The number of nitrogens with zero attached hydrogens (tertiary/aromatic N) is 3. The zero-order valence-electron chi connectivity index (χ0n) is 14.8. The quantitative estimate of drug-likeness (QED) is 0.223. The fraction of sp³-hybridized carbons (Fsp3) is 0.444. The summed E-state index contributed by atoms with van der Waals surface area (Å²) in [6.07, 6.45) is 6.31. The third kappa shape index (κ3) is 4.70. The summed E-state index contributed by atoms with van der Waals surface area (Å²) in [4.78, 5) is 27.4. The summed E-state index contributed by atoms with van der Waals surface area (Å²) in [7, 11) is 1.28. The minimum atomic E-state index is -0.463. The summed E-state index contributed by atoms with van der Waals surface area (Å²) in [6, 6.07) is 0. The Bertz CT molecular complexity index is 714. The van der Waals surface area contributed by atoms with E-state index in [1.54, 1.807) is 6.92 Å². The molecule has 0 aromatic rings. The number of ether oxygens (including phenoxy) is 1. The van der Waals surface area contributed by atoms with E-state index in [4.69, 9.17) is 10.3 Å². The number of Topliss-reactive ketones (excluding diaryl/α,β-unsaturated/α-hetero) is 2. The molecule has 0 bridgehead atoms. The second-order valence-electron chi connectivity index (χ2n) is 5.91. The molecule has 1 aliphatic carbocycles. The highest BCUT2D eigenvalue weighted by atomic mass is 16.5. The van der Waals surface area contributed by atoms with Crippen molar-refractivity contribution in [2.45, 2.75) is 47.0 Å². The lowest BCUT2D eigenvalue weighted by Gasteiger charge is -2.18. The van der Waals surface area contributed by atoms with Gasteiger partial charge in [-0.2, -0.15) is 0 Å². The first-order chi connectivity index (χ1) is 11.3. The number of allylic oxidation sites excluding steroid dienone is 6. The highest BCUT2D eigenvalue weighted by Gasteiger charge is 2.32. The summed E-state index contributed by atoms with van der Waals surface area (Å²) < 4.78 is 5.00. The minimum Gasteiger partial charge on any atom is -0.492 e. The van der Waals surface area contributed by atoms with Crippen LogP contribution in [0.15, 0.2) is 51.0 Å². The average Bonchev–Trinajstić information content (AvgIpc) is 2.52. The second kappa shape index (κ2) is 8.89. The van der Waals surface area contributed by atoms with Crippen LogP contribution in [0.4, 0.5) is 0 Å². The van der Waals surface area contributed by atoms with E-state index in [-0.39, 0.29) is 11.5 Å². The highest BCUT2D eigenvalue weighted by Crippen LogP contribution is 2.28. The molecule has 1 rings (SSSR count). The zero-order valence-corrected chi connectivity index (χ0v) is 14.8. The van der Waals surface area contributed by atoms with Crippen LogP contribution in [0.3, 0.4) is 0 Å². The molecule has 0 unspecified atom stereocenters. The minimum absolute atomic E-state index is 0.186. The Kier molecular flexibility index (Phi) is 7.21. The van der Waals surface area contributed by atoms with E-state index in [0.29, 0.717) is 17.6 Å². The summed E-state index contributed by atoms with van der Waals surface area (Å²) in [5, 5.41) is 3.31. The van der Waals surface area contributed by atoms with Crippen LogP contribution in [0.25, 0.3) is 10.4 Å². The van der Waals surface area contributed by atoms with Crippen molar-refractivity contribution in [3.8, 4) is 0 Å². The van der Waals surface area contributed by atoms with Gasteiger partial charge in [0.15, 0.2) is 11.5 Å². The molecule has 128 valence electrons. The van der Waals surface area contributed by atoms with E-state index in [2.05, 4.69) is 29.9 Å². The van der Waals surface area contributed by atoms with Crippen LogP contribution in [0.2, 0.25) is 0 Å². The molecular formula is C18H23N3O3. The van der Waals surface area contributed by atoms with Gasteiger partial charge in [-0.25, -0.2) is 0 Å². The van der Waals surface area contributed by atoms with E-state index >= 15 is 0 Å². The number of hydrogen-bond donors (Lipinski definition) is 0. The van der Waals surface area contributed by atoms with Crippen LogP contribution in [0, 0.1) is 0 Å². The van der Waals surface area contributed by atoms with Crippen molar-refractivity contribution in [3.63, 3.8) is 0 Å². The molecule has 0 atom stereocenters. The molecule has 0 aliphatic heterocycles. The second-order valence-corrected chi connectivity index (χ2v) is 5.91. The largest absolute Gasteiger partial charge is 0.492 e. The Labute approximate surface area is 142 Å². The van der Waals surface area contributed by atoms with Gasteiger partial charge >= 0.3 is 0 Å². The highest BCUT2D eigenvalue weighted by molar-refractivity contribution is 6.24. The van der Waals surface area contributed by atoms with Crippen molar-refractivity contribution in [1.29, 1.82) is 0 Å². The molecule has 0 spiro atoms. The van der Waals surface area contributed by atoms with Gasteiger partial charge in [0.05, 0.1) is 7.11 Å². The first-order valence-electron chi connectivity index (χ1n) is 7.75. The number of carbonyl (C=O) groups excluding carboxylic acids is 2. The van der Waals surface area contributed by atoms with Gasteiger partial charge in [-0.3, -0.25) is 9.59 Å². The molecule has 24 heavy (non-hydrogen) atoms. The van der Waals surface area contributed by atoms with Crippen LogP contribution < -0.4 is 0 Å². The van der Waals surface area contributed by atoms with Gasteiger partial charge in [0.2, 0.25) is 5.78 Å². The number of ketones is 2. The summed E-state index contributed by atoms with van der Waals surface area (Å²) in [5.41, 5.74) is 11.4. The average molecular weight is 329 g/mol. The number of azide groups is 1. The zero-order chi connectivity index (χ0) is 18.3. The van der Waals surface area contributed by atoms with Crippen LogP contribution >= 0.6 is 0 Å². The molecule has 0 N–H and O–H groups in total. The third-order valence-electron chi connectivity index (χ3n) is 3.80. The van der Waals surface area contributed by atoms with Gasteiger partial charge in [-0.15, -0.1) is 0 Å². The molecule has 0 aromatic heterocycles. The van der Waals surface area contributed by atoms with Crippen LogP contribution in [0.5, 0.6) is 0 Å². The van der Waals surface area contributed by atoms with Crippen molar-refractivity contribution < 1.29 is 14.3 Å². The van der Waals surface area contributed by atoms with E-state index in [1.807, 2.05) is 13.0 Å². The van der Waals surface area contributed by atoms with Crippen molar-refractivity contribution in [2.75, 3.05) is 7.11 Å². The lowest BCUT2D eigenvalue weighted by atomic mass is 9.89. The first kappa shape index (κ1) is 19.5. The fourth-order valence-electron chi connectivity index (χ4n) is 2.37. The molecule has 0 saturated carbocycles. The Morgan fingerprint density at radius 3 is 2.42 bits per heavy atom. The maximum atomic E-state index is 12.5. The normalized spacial score (nSPS) is 15.5. The van der Waals surface area contributed by atoms with Crippen molar-refractivity contribution in [2.24, 2.45) is 5.11 Å². The first-order valence-corrected chi connectivity index (χ1v) is 7.75. The summed E-state index contributed by atoms with van der Waals surface area (Å²) in [6.45, 7) is 7.68. The van der Waals surface area contributed by atoms with E-state index in [1.165, 1.54) is 12.7 Å². The van der Waals surface area contributed by atoms with Gasteiger partial charge in [0.25, 0.3) is 0 Å². The van der Waals surface area contributed by atoms with Gasteiger partial charge in [0.1, 0.15) is 5.70 Å². The number of carbonyl (C=O) groups is 2. The Hall–Kier alpha value is -2.59. The Morgan fingerprint density at radius 2 is 1.88 bits per heavy atom. The molecule has 6 heteroatoms. The maximum Gasteiger partial charge on any atom is 0.224 e. The Morgan fingerprint density at radius 1 is 1.21 bits per heavy atom. The molecule has 1 aliphatic rings. The Balaban J connectivity index is 3.00. The SMILES string of the molecule is COC1=C(N=[N+]=[N-])C(=O)C(C)=C(CC=C(C)CCC=C(C)C)C1=O. The molecule has 0 radical (unpaired) electrons. The molecule has 0 fully saturated rings. The van der Waals surface area contributed by atoms with Gasteiger partial charge in [0, 0.05) is 16.1 Å². The van der Waals surface area contributed by atoms with E-state index in [0.717, 1.165) is 18.4 Å². The molecular weight excluding hydrogens is 306 g/mol. The smallest absolute Gasteiger partial charge is 0.224 e. The standard InChI is InChI=1S/C18H23N3O3/c1-11(2)7-6-8-12(3)9-10-14-13(4)16(22)15(20-21-19)18(24-5)17(14)23/h7,9H,6,8,10H2,1-5H3. The molecule has 0 amide bonds. The van der Waals surface area contributed by atoms with E-state index in [9.17, 15) is 9.59 Å². The van der Waals surface area contributed by atoms with Crippen LogP contribution in [0.1, 0.15) is 47.0 Å². The van der Waals surface area contributed by atoms with Crippen molar-refractivity contribution in [3.05, 3.63) is 56.3 Å². The van der Waals surface area contributed by atoms with Crippen LogP contribution in [-0.4, -0.2) is 18.7 Å². The molecule has 0 saturated heterocycles. The predicted octanol–water partition coefficient (Wildman–Crippen LogP) is 4.71. The monoisotopic (exact) mass is 329 g/mol. The summed E-state index contributed by atoms with van der Waals surface area (Å²) >= 11 is 0. The van der Waals surface area contributed by atoms with Gasteiger partial charge in [-0.05, 0) is 52.5 Å². The third-order valence-corrected chi connectivity index (χ3v) is 3.80. The lowest BCUT2D eigenvalue weighted by Crippen LogP contribution is -2.23.